The van der Waals surface area contributed by atoms with Gasteiger partial charge in [0.1, 0.15) is 0 Å². The molecule has 0 spiro atoms. The van der Waals surface area contributed by atoms with Crippen LogP contribution < -0.4 is 5.73 Å². The van der Waals surface area contributed by atoms with Gasteiger partial charge < -0.3 is 10.6 Å². The van der Waals surface area contributed by atoms with E-state index in [1.54, 1.807) is 0 Å². The quantitative estimate of drug-likeness (QED) is 0.768. The topological polar surface area (TPSA) is 48.0 Å². The van der Waals surface area contributed by atoms with E-state index in [2.05, 4.69) is 60.3 Å². The summed E-state index contributed by atoms with van der Waals surface area (Å²) in [5.74, 6) is 0.528. The highest BCUT2D eigenvalue weighted by molar-refractivity contribution is 5.81. The van der Waals surface area contributed by atoms with Crippen molar-refractivity contribution in [2.45, 2.75) is 60.5 Å². The predicted octanol–water partition coefficient (Wildman–Crippen LogP) is 2.09. The molecule has 0 aliphatic heterocycles. The van der Waals surface area contributed by atoms with Crippen molar-refractivity contribution in [3.8, 4) is 0 Å². The van der Waals surface area contributed by atoms with Crippen LogP contribution >= 0.6 is 0 Å². The third-order valence-corrected chi connectivity index (χ3v) is 3.33. The lowest BCUT2D eigenvalue weighted by Gasteiger charge is -2.33. The van der Waals surface area contributed by atoms with Crippen LogP contribution in [0.15, 0.2) is 11.6 Å². The number of carbonyl (C=O) groups is 1. The Hall–Kier alpha value is -0.830. The minimum absolute atomic E-state index is 0.0994. The Morgan fingerprint density at radius 2 is 1.67 bits per heavy atom. The lowest BCUT2D eigenvalue weighted by atomic mass is 9.86. The van der Waals surface area contributed by atoms with Gasteiger partial charge in [0.05, 0.1) is 6.04 Å². The first-order chi connectivity index (χ1) is 7.98. The summed E-state index contributed by atoms with van der Waals surface area (Å²) in [4.78, 5) is 14.3. The summed E-state index contributed by atoms with van der Waals surface area (Å²) in [6.45, 7) is 14.6. The van der Waals surface area contributed by atoms with Crippen molar-refractivity contribution >= 4 is 5.91 Å². The van der Waals surface area contributed by atoms with Crippen LogP contribution in [0.1, 0.15) is 48.5 Å². The van der Waals surface area contributed by atoms with Gasteiger partial charge in [-0.05, 0) is 19.8 Å². The molecule has 3 nitrogen and oxygen atoms in total. The minimum atomic E-state index is -0.214. The summed E-state index contributed by atoms with van der Waals surface area (Å²) < 4.78 is 0. The Morgan fingerprint density at radius 3 is 1.94 bits per heavy atom. The first-order valence-corrected chi connectivity index (χ1v) is 6.73. The molecule has 0 aromatic carbocycles. The smallest absolute Gasteiger partial charge is 0.281 e. The van der Waals surface area contributed by atoms with Gasteiger partial charge in [0.2, 0.25) is 0 Å². The molecule has 18 heavy (non-hydrogen) atoms. The normalized spacial score (nSPS) is 15.2. The Balaban J connectivity index is 5.05. The number of rotatable bonds is 4. The third-order valence-electron chi connectivity index (χ3n) is 3.33. The highest BCUT2D eigenvalue weighted by atomic mass is 16.2. The van der Waals surface area contributed by atoms with Gasteiger partial charge in [0.25, 0.3) is 5.91 Å². The zero-order valence-electron chi connectivity index (χ0n) is 13.4. The molecule has 0 bridgehead atoms. The van der Waals surface area contributed by atoms with Crippen LogP contribution in [0.4, 0.5) is 0 Å². The van der Waals surface area contributed by atoms with Crippen molar-refractivity contribution in [2.24, 2.45) is 11.3 Å². The maximum absolute atomic E-state index is 12.5. The molecule has 1 amide bonds. The second-order valence-corrected chi connectivity index (χ2v) is 6.85. The molecule has 0 saturated carbocycles. The fourth-order valence-electron chi connectivity index (χ4n) is 1.86. The van der Waals surface area contributed by atoms with E-state index < -0.39 is 0 Å². The highest BCUT2D eigenvalue weighted by Crippen LogP contribution is 2.20. The van der Waals surface area contributed by atoms with Crippen LogP contribution in [0.3, 0.4) is 0 Å². The molecule has 3 heteroatoms. The van der Waals surface area contributed by atoms with E-state index in [4.69, 9.17) is 0 Å². The fourth-order valence-corrected chi connectivity index (χ4v) is 1.86. The van der Waals surface area contributed by atoms with Gasteiger partial charge >= 0.3 is 0 Å². The van der Waals surface area contributed by atoms with E-state index in [1.807, 2.05) is 11.9 Å². The number of amides is 1. The summed E-state index contributed by atoms with van der Waals surface area (Å²) in [5.41, 5.74) is 5.18. The summed E-state index contributed by atoms with van der Waals surface area (Å²) in [6, 6.07) is -0.0663. The molecule has 0 heterocycles. The number of carbonyl (C=O) groups excluding carboxylic acids is 1. The number of allylic oxidation sites excluding steroid dienone is 1. The van der Waals surface area contributed by atoms with Gasteiger partial charge in [-0.1, -0.05) is 46.3 Å². The number of quaternary nitrogens is 1. The SMILES string of the molecule is CC(C)=C[C@H](C(C)C)N(C)C(=O)[C@@H]([NH3+])C(C)(C)C. The molecule has 3 N–H and O–H groups in total. The van der Waals surface area contributed by atoms with Crippen molar-refractivity contribution in [1.29, 1.82) is 0 Å². The maximum atomic E-state index is 12.5. The molecule has 0 aliphatic carbocycles. The summed E-state index contributed by atoms with van der Waals surface area (Å²) in [7, 11) is 1.89. The van der Waals surface area contributed by atoms with Crippen molar-refractivity contribution in [3.05, 3.63) is 11.6 Å². The van der Waals surface area contributed by atoms with Crippen molar-refractivity contribution in [2.75, 3.05) is 7.05 Å². The van der Waals surface area contributed by atoms with Crippen molar-refractivity contribution in [3.63, 3.8) is 0 Å². The molecular formula is C15H31N2O+. The third kappa shape index (κ3) is 4.81. The van der Waals surface area contributed by atoms with E-state index in [0.717, 1.165) is 0 Å². The maximum Gasteiger partial charge on any atom is 0.281 e. The van der Waals surface area contributed by atoms with Gasteiger partial charge in [0.15, 0.2) is 6.04 Å². The Morgan fingerprint density at radius 1 is 1.22 bits per heavy atom. The monoisotopic (exact) mass is 255 g/mol. The zero-order valence-corrected chi connectivity index (χ0v) is 13.4. The van der Waals surface area contributed by atoms with Crippen LogP contribution in [-0.4, -0.2) is 29.9 Å². The Kier molecular flexibility index (Phi) is 6.08. The molecule has 106 valence electrons. The lowest BCUT2D eigenvalue weighted by molar-refractivity contribution is -0.428. The number of hydrogen-bond donors (Lipinski definition) is 1. The molecular weight excluding hydrogens is 224 g/mol. The molecule has 0 aromatic heterocycles. The number of likely N-dealkylation sites (N-methyl/N-ethyl adjacent to an activating group) is 1. The number of hydrogen-bond acceptors (Lipinski definition) is 1. The molecule has 0 saturated heterocycles. The Bertz CT molecular complexity index is 309. The molecule has 0 radical (unpaired) electrons. The first-order valence-electron chi connectivity index (χ1n) is 6.73. The molecule has 0 aromatic rings. The molecule has 0 aliphatic rings. The zero-order chi connectivity index (χ0) is 14.7. The molecule has 0 rings (SSSR count). The molecule has 0 unspecified atom stereocenters. The van der Waals surface area contributed by atoms with Crippen LogP contribution in [0.2, 0.25) is 0 Å². The fraction of sp³-hybridized carbons (Fsp3) is 0.800. The number of nitrogens with zero attached hydrogens (tertiary/aromatic N) is 1. The van der Waals surface area contributed by atoms with Crippen LogP contribution in [-0.2, 0) is 4.79 Å². The van der Waals surface area contributed by atoms with Gasteiger partial charge in [0, 0.05) is 12.5 Å². The summed E-state index contributed by atoms with van der Waals surface area (Å²) in [5, 5.41) is 0. The minimum Gasteiger partial charge on any atom is -0.347 e. The lowest BCUT2D eigenvalue weighted by Crippen LogP contribution is -2.73. The van der Waals surface area contributed by atoms with Crippen LogP contribution in [0, 0.1) is 11.3 Å². The standard InChI is InChI=1S/C15H30N2O/c1-10(2)9-12(11(3)4)17(8)14(18)13(16)15(5,6)7/h9,11-13H,16H2,1-8H3/p+1/t12-,13-/m1/s1. The van der Waals surface area contributed by atoms with Gasteiger partial charge in [-0.15, -0.1) is 0 Å². The van der Waals surface area contributed by atoms with E-state index in [1.165, 1.54) is 5.57 Å². The van der Waals surface area contributed by atoms with Crippen molar-refractivity contribution in [1.82, 2.24) is 4.90 Å². The Labute approximate surface area is 112 Å². The second-order valence-electron chi connectivity index (χ2n) is 6.85. The molecule has 2 atom stereocenters. The van der Waals surface area contributed by atoms with Crippen molar-refractivity contribution < 1.29 is 10.5 Å². The van der Waals surface area contributed by atoms with Gasteiger partial charge in [-0.25, -0.2) is 0 Å². The first kappa shape index (κ1) is 17.2. The second kappa shape index (κ2) is 6.37. The van der Waals surface area contributed by atoms with E-state index in [-0.39, 0.29) is 23.4 Å². The van der Waals surface area contributed by atoms with E-state index in [0.29, 0.717) is 5.92 Å². The predicted molar refractivity (Wildman–Crippen MR) is 77.0 cm³/mol. The van der Waals surface area contributed by atoms with E-state index >= 15 is 0 Å². The summed E-state index contributed by atoms with van der Waals surface area (Å²) in [6.07, 6.45) is 2.16. The largest absolute Gasteiger partial charge is 0.347 e. The van der Waals surface area contributed by atoms with Crippen LogP contribution in [0.25, 0.3) is 0 Å². The molecule has 0 fully saturated rings. The average Bonchev–Trinajstić information content (AvgIpc) is 2.20. The highest BCUT2D eigenvalue weighted by Gasteiger charge is 2.35. The van der Waals surface area contributed by atoms with E-state index in [9.17, 15) is 4.79 Å². The average molecular weight is 255 g/mol. The summed E-state index contributed by atoms with van der Waals surface area (Å²) >= 11 is 0. The van der Waals surface area contributed by atoms with Crippen LogP contribution in [0.5, 0.6) is 0 Å². The van der Waals surface area contributed by atoms with Gasteiger partial charge in [-0.3, -0.25) is 4.79 Å². The van der Waals surface area contributed by atoms with Gasteiger partial charge in [-0.2, -0.15) is 0 Å².